The number of carboxylic acids is 1. The summed E-state index contributed by atoms with van der Waals surface area (Å²) < 4.78 is 0. The van der Waals surface area contributed by atoms with Crippen molar-refractivity contribution in [2.75, 3.05) is 13.1 Å². The van der Waals surface area contributed by atoms with E-state index >= 15 is 0 Å². The fourth-order valence-electron chi connectivity index (χ4n) is 3.87. The summed E-state index contributed by atoms with van der Waals surface area (Å²) in [6, 6.07) is 4.04. The Hall–Kier alpha value is -1.40. The highest BCUT2D eigenvalue weighted by Gasteiger charge is 2.47. The number of carbonyl (C=O) groups excluding carboxylic acids is 1. The van der Waals surface area contributed by atoms with Gasteiger partial charge in [0.05, 0.1) is 5.41 Å². The highest BCUT2D eigenvalue weighted by Crippen LogP contribution is 2.43. The average Bonchev–Trinajstić information content (AvgIpc) is 3.10. The van der Waals surface area contributed by atoms with Crippen LogP contribution in [0.25, 0.3) is 0 Å². The SMILES string of the molecule is O=C(O)C1(O)CCN(C(=O)C2(c3cccs3)CCCCC2)CC1. The molecule has 1 saturated heterocycles. The van der Waals surface area contributed by atoms with Crippen LogP contribution in [0.4, 0.5) is 0 Å². The number of hydrogen-bond acceptors (Lipinski definition) is 4. The Kier molecular flexibility index (Phi) is 4.47. The Labute approximate surface area is 139 Å². The van der Waals surface area contributed by atoms with Crippen molar-refractivity contribution in [1.82, 2.24) is 4.90 Å². The molecular formula is C17H23NO4S. The molecule has 126 valence electrons. The third kappa shape index (κ3) is 2.90. The number of carbonyl (C=O) groups is 2. The van der Waals surface area contributed by atoms with Crippen LogP contribution in [0, 0.1) is 0 Å². The number of aliphatic hydroxyl groups is 1. The van der Waals surface area contributed by atoms with Gasteiger partial charge in [-0.3, -0.25) is 4.79 Å². The average molecular weight is 337 g/mol. The highest BCUT2D eigenvalue weighted by molar-refractivity contribution is 7.10. The molecule has 1 aromatic rings. The van der Waals surface area contributed by atoms with E-state index in [-0.39, 0.29) is 18.7 Å². The number of nitrogens with zero attached hydrogens (tertiary/aromatic N) is 1. The fraction of sp³-hybridized carbons (Fsp3) is 0.647. The molecule has 0 spiro atoms. The largest absolute Gasteiger partial charge is 0.479 e. The molecule has 0 aromatic carbocycles. The third-order valence-corrected chi connectivity index (χ3v) is 6.46. The lowest BCUT2D eigenvalue weighted by molar-refractivity contribution is -0.166. The molecule has 1 aliphatic carbocycles. The van der Waals surface area contributed by atoms with Crippen molar-refractivity contribution in [1.29, 1.82) is 0 Å². The van der Waals surface area contributed by atoms with Crippen molar-refractivity contribution in [3.8, 4) is 0 Å². The van der Waals surface area contributed by atoms with Crippen molar-refractivity contribution in [3.05, 3.63) is 22.4 Å². The summed E-state index contributed by atoms with van der Waals surface area (Å²) in [5.74, 6) is -1.07. The Balaban J connectivity index is 1.79. The van der Waals surface area contributed by atoms with E-state index < -0.39 is 17.0 Å². The topological polar surface area (TPSA) is 77.8 Å². The lowest BCUT2D eigenvalue weighted by atomic mass is 9.71. The molecule has 3 rings (SSSR count). The van der Waals surface area contributed by atoms with Gasteiger partial charge in [0, 0.05) is 30.8 Å². The summed E-state index contributed by atoms with van der Waals surface area (Å²) in [6.45, 7) is 0.628. The normalized spacial score (nSPS) is 23.4. The van der Waals surface area contributed by atoms with Crippen LogP contribution < -0.4 is 0 Å². The maximum absolute atomic E-state index is 13.3. The van der Waals surface area contributed by atoms with Gasteiger partial charge in [-0.2, -0.15) is 0 Å². The molecular weight excluding hydrogens is 314 g/mol. The summed E-state index contributed by atoms with van der Waals surface area (Å²) in [4.78, 5) is 27.3. The van der Waals surface area contributed by atoms with Gasteiger partial charge in [-0.1, -0.05) is 25.3 Å². The molecule has 0 bridgehead atoms. The number of piperidine rings is 1. The Bertz CT molecular complexity index is 569. The first-order valence-electron chi connectivity index (χ1n) is 8.27. The number of thiophene rings is 1. The van der Waals surface area contributed by atoms with Crippen LogP contribution in [-0.2, 0) is 15.0 Å². The van der Waals surface area contributed by atoms with Gasteiger partial charge >= 0.3 is 5.97 Å². The third-order valence-electron chi connectivity index (χ3n) is 5.39. The maximum atomic E-state index is 13.3. The molecule has 2 fully saturated rings. The number of carboxylic acid groups (broad SMARTS) is 1. The second-order valence-electron chi connectivity index (χ2n) is 6.75. The second kappa shape index (κ2) is 6.24. The number of likely N-dealkylation sites (tertiary alicyclic amines) is 1. The first-order chi connectivity index (χ1) is 11.0. The number of hydrogen-bond donors (Lipinski definition) is 2. The van der Waals surface area contributed by atoms with Gasteiger partial charge < -0.3 is 15.1 Å². The minimum atomic E-state index is -1.68. The first-order valence-corrected chi connectivity index (χ1v) is 9.15. The van der Waals surface area contributed by atoms with Gasteiger partial charge in [-0.05, 0) is 24.3 Å². The smallest absolute Gasteiger partial charge is 0.335 e. The molecule has 2 heterocycles. The molecule has 1 saturated carbocycles. The van der Waals surface area contributed by atoms with Gasteiger partial charge in [0.1, 0.15) is 0 Å². The quantitative estimate of drug-likeness (QED) is 0.888. The minimum Gasteiger partial charge on any atom is -0.479 e. The predicted octanol–water partition coefficient (Wildman–Crippen LogP) is 2.39. The molecule has 0 radical (unpaired) electrons. The summed E-state index contributed by atoms with van der Waals surface area (Å²) >= 11 is 1.63. The van der Waals surface area contributed by atoms with E-state index in [0.29, 0.717) is 13.1 Å². The summed E-state index contributed by atoms with van der Waals surface area (Å²) in [6.07, 6.45) is 5.22. The van der Waals surface area contributed by atoms with Crippen LogP contribution in [0.15, 0.2) is 17.5 Å². The van der Waals surface area contributed by atoms with Crippen molar-refractivity contribution in [2.24, 2.45) is 0 Å². The number of amides is 1. The van der Waals surface area contributed by atoms with E-state index in [4.69, 9.17) is 5.11 Å². The standard InChI is InChI=1S/C17H23NO4S/c19-14(18-10-8-17(22,9-11-18)15(20)21)16(6-2-1-3-7-16)13-5-4-12-23-13/h4-5,12,22H,1-3,6-11H2,(H,20,21). The monoisotopic (exact) mass is 337 g/mol. The van der Waals surface area contributed by atoms with E-state index in [1.165, 1.54) is 6.42 Å². The van der Waals surface area contributed by atoms with E-state index in [2.05, 4.69) is 0 Å². The minimum absolute atomic E-state index is 0.106. The zero-order valence-electron chi connectivity index (χ0n) is 13.2. The molecule has 2 N–H and O–H groups in total. The number of aliphatic carboxylic acids is 1. The maximum Gasteiger partial charge on any atom is 0.335 e. The molecule has 1 aliphatic heterocycles. The highest BCUT2D eigenvalue weighted by atomic mass is 32.1. The van der Waals surface area contributed by atoms with E-state index in [1.807, 2.05) is 17.5 Å². The summed E-state index contributed by atoms with van der Waals surface area (Å²) in [5, 5.41) is 21.2. The van der Waals surface area contributed by atoms with Crippen LogP contribution >= 0.6 is 11.3 Å². The molecule has 2 aliphatic rings. The van der Waals surface area contributed by atoms with Gasteiger partial charge in [0.15, 0.2) is 5.60 Å². The molecule has 1 amide bonds. The van der Waals surface area contributed by atoms with E-state index in [9.17, 15) is 14.7 Å². The zero-order chi connectivity index (χ0) is 16.5. The van der Waals surface area contributed by atoms with Crippen molar-refractivity contribution in [3.63, 3.8) is 0 Å². The zero-order valence-corrected chi connectivity index (χ0v) is 14.0. The lowest BCUT2D eigenvalue weighted by Crippen LogP contribution is -2.55. The van der Waals surface area contributed by atoms with Crippen LogP contribution in [0.1, 0.15) is 49.8 Å². The molecule has 6 heteroatoms. The molecule has 0 unspecified atom stereocenters. The van der Waals surface area contributed by atoms with Crippen molar-refractivity contribution < 1.29 is 19.8 Å². The van der Waals surface area contributed by atoms with Gasteiger partial charge in [0.25, 0.3) is 0 Å². The summed E-state index contributed by atoms with van der Waals surface area (Å²) in [7, 11) is 0. The van der Waals surface area contributed by atoms with Gasteiger partial charge in [-0.25, -0.2) is 4.79 Å². The second-order valence-corrected chi connectivity index (χ2v) is 7.70. The molecule has 0 atom stereocenters. The van der Waals surface area contributed by atoms with E-state index in [1.54, 1.807) is 16.2 Å². The molecule has 23 heavy (non-hydrogen) atoms. The Morgan fingerprint density at radius 2 is 1.74 bits per heavy atom. The predicted molar refractivity (Wildman–Crippen MR) is 87.5 cm³/mol. The molecule has 5 nitrogen and oxygen atoms in total. The Morgan fingerprint density at radius 3 is 2.26 bits per heavy atom. The van der Waals surface area contributed by atoms with Crippen molar-refractivity contribution >= 4 is 23.2 Å². The number of rotatable bonds is 3. The molecule has 1 aromatic heterocycles. The van der Waals surface area contributed by atoms with Crippen LogP contribution in [0.5, 0.6) is 0 Å². The fourth-order valence-corrected chi connectivity index (χ4v) is 4.85. The van der Waals surface area contributed by atoms with Crippen LogP contribution in [-0.4, -0.2) is 45.7 Å². The van der Waals surface area contributed by atoms with Crippen LogP contribution in [0.2, 0.25) is 0 Å². The van der Waals surface area contributed by atoms with Gasteiger partial charge in [-0.15, -0.1) is 11.3 Å². The van der Waals surface area contributed by atoms with E-state index in [0.717, 1.165) is 30.6 Å². The van der Waals surface area contributed by atoms with Gasteiger partial charge in [0.2, 0.25) is 5.91 Å². The van der Waals surface area contributed by atoms with Crippen molar-refractivity contribution in [2.45, 2.75) is 56.0 Å². The van der Waals surface area contributed by atoms with Crippen LogP contribution in [0.3, 0.4) is 0 Å². The first kappa shape index (κ1) is 16.5. The lowest BCUT2D eigenvalue weighted by Gasteiger charge is -2.42. The summed E-state index contributed by atoms with van der Waals surface area (Å²) in [5.41, 5.74) is -2.12. The Morgan fingerprint density at radius 1 is 1.09 bits per heavy atom.